The number of aliphatic hydroxyl groups is 1. The normalized spacial score (nSPS) is 18.8. The Morgan fingerprint density at radius 3 is 2.71 bits per heavy atom. The quantitative estimate of drug-likeness (QED) is 0.790. The van der Waals surface area contributed by atoms with Crippen LogP contribution in [-0.4, -0.2) is 28.1 Å². The zero-order chi connectivity index (χ0) is 12.6. The molecule has 1 unspecified atom stereocenters. The number of aliphatic hydroxyl groups excluding tert-OH is 1. The highest BCUT2D eigenvalue weighted by Gasteiger charge is 2.42. The summed E-state index contributed by atoms with van der Waals surface area (Å²) in [4.78, 5) is 14.6. The summed E-state index contributed by atoms with van der Waals surface area (Å²) in [5.74, 6) is 0.0413. The molecule has 0 radical (unpaired) electrons. The van der Waals surface area contributed by atoms with Gasteiger partial charge in [-0.05, 0) is 31.7 Å². The summed E-state index contributed by atoms with van der Waals surface area (Å²) in [6, 6.07) is 1.48. The molecule has 6 heteroatoms. The Morgan fingerprint density at radius 2 is 2.29 bits per heavy atom. The molecule has 0 bridgehead atoms. The lowest BCUT2D eigenvalue weighted by molar-refractivity contribution is 0.0820. The van der Waals surface area contributed by atoms with Gasteiger partial charge in [0.15, 0.2) is 0 Å². The fourth-order valence-electron chi connectivity index (χ4n) is 1.84. The van der Waals surface area contributed by atoms with E-state index in [2.05, 4.69) is 10.3 Å². The molecule has 1 atom stereocenters. The number of amides is 1. The minimum Gasteiger partial charge on any atom is -0.394 e. The van der Waals surface area contributed by atoms with Crippen LogP contribution in [0.3, 0.4) is 0 Å². The molecule has 1 aromatic heterocycles. The number of nitrogens with one attached hydrogen (secondary N) is 2. The van der Waals surface area contributed by atoms with E-state index in [0.29, 0.717) is 16.6 Å². The van der Waals surface area contributed by atoms with Gasteiger partial charge < -0.3 is 15.4 Å². The smallest absolute Gasteiger partial charge is 0.268 e. The molecule has 0 spiro atoms. The van der Waals surface area contributed by atoms with Gasteiger partial charge in [-0.1, -0.05) is 23.2 Å². The second-order valence-electron chi connectivity index (χ2n) is 4.65. The number of aromatic nitrogens is 1. The third kappa shape index (κ3) is 2.59. The molecule has 1 heterocycles. The topological polar surface area (TPSA) is 65.1 Å². The Bertz CT molecular complexity index is 423. The van der Waals surface area contributed by atoms with Crippen LogP contribution in [0.15, 0.2) is 6.07 Å². The molecular formula is C11H14Cl2N2O2. The molecule has 0 aliphatic heterocycles. The van der Waals surface area contributed by atoms with Gasteiger partial charge in [-0.15, -0.1) is 0 Å². The molecule has 3 N–H and O–H groups in total. The Labute approximate surface area is 109 Å². The highest BCUT2D eigenvalue weighted by atomic mass is 35.5. The fourth-order valence-corrected chi connectivity index (χ4v) is 2.16. The number of rotatable bonds is 4. The number of hydrogen-bond acceptors (Lipinski definition) is 2. The monoisotopic (exact) mass is 276 g/mol. The molecule has 94 valence electrons. The lowest BCUT2D eigenvalue weighted by Gasteiger charge is -2.28. The Morgan fingerprint density at radius 1 is 1.65 bits per heavy atom. The van der Waals surface area contributed by atoms with Gasteiger partial charge in [0.05, 0.1) is 17.2 Å². The van der Waals surface area contributed by atoms with E-state index in [1.54, 1.807) is 0 Å². The second kappa shape index (κ2) is 4.52. The number of hydrogen-bond donors (Lipinski definition) is 3. The van der Waals surface area contributed by atoms with Crippen molar-refractivity contribution in [2.45, 2.75) is 25.3 Å². The molecule has 2 rings (SSSR count). The number of aromatic amines is 1. The van der Waals surface area contributed by atoms with E-state index in [-0.39, 0.29) is 17.7 Å². The standard InChI is InChI=1S/C11H14Cl2N2O2/c1-11(5-16,6-2-3-6)15-10(17)8-4-7(12)9(13)14-8/h4,6,14,16H,2-3,5H2,1H3,(H,15,17). The van der Waals surface area contributed by atoms with Gasteiger partial charge in [-0.3, -0.25) is 4.79 Å². The molecule has 1 fully saturated rings. The summed E-state index contributed by atoms with van der Waals surface area (Å²) in [7, 11) is 0. The maximum atomic E-state index is 11.9. The maximum absolute atomic E-state index is 11.9. The van der Waals surface area contributed by atoms with Crippen LogP contribution in [0, 0.1) is 5.92 Å². The average molecular weight is 277 g/mol. The summed E-state index contributed by atoms with van der Waals surface area (Å²) in [6.07, 6.45) is 2.06. The van der Waals surface area contributed by atoms with Crippen molar-refractivity contribution < 1.29 is 9.90 Å². The van der Waals surface area contributed by atoms with Crippen LogP contribution in [-0.2, 0) is 0 Å². The number of carbonyl (C=O) groups excluding carboxylic acids is 1. The van der Waals surface area contributed by atoms with Crippen LogP contribution in [0.1, 0.15) is 30.3 Å². The predicted octanol–water partition coefficient (Wildman–Crippen LogP) is 2.21. The van der Waals surface area contributed by atoms with Gasteiger partial charge in [-0.25, -0.2) is 0 Å². The van der Waals surface area contributed by atoms with Gasteiger partial charge in [0.1, 0.15) is 10.8 Å². The van der Waals surface area contributed by atoms with Crippen molar-refractivity contribution in [3.05, 3.63) is 21.9 Å². The van der Waals surface area contributed by atoms with Crippen LogP contribution < -0.4 is 5.32 Å². The van der Waals surface area contributed by atoms with Gasteiger partial charge in [0, 0.05) is 0 Å². The summed E-state index contributed by atoms with van der Waals surface area (Å²) in [5.41, 5.74) is -0.262. The van der Waals surface area contributed by atoms with Gasteiger partial charge >= 0.3 is 0 Å². The molecule has 0 saturated heterocycles. The third-order valence-corrected chi connectivity index (χ3v) is 3.87. The first-order valence-corrected chi connectivity index (χ1v) is 6.19. The first-order chi connectivity index (χ1) is 7.96. The highest BCUT2D eigenvalue weighted by Crippen LogP contribution is 2.39. The van der Waals surface area contributed by atoms with Crippen molar-refractivity contribution >= 4 is 29.1 Å². The van der Waals surface area contributed by atoms with E-state index in [4.69, 9.17) is 23.2 Å². The van der Waals surface area contributed by atoms with Crippen LogP contribution in [0.2, 0.25) is 10.2 Å². The third-order valence-electron chi connectivity index (χ3n) is 3.18. The number of H-pyrrole nitrogens is 1. The van der Waals surface area contributed by atoms with E-state index in [9.17, 15) is 9.90 Å². The van der Waals surface area contributed by atoms with Crippen LogP contribution in [0.4, 0.5) is 0 Å². The van der Waals surface area contributed by atoms with Crippen molar-refractivity contribution in [3.8, 4) is 0 Å². The first kappa shape index (κ1) is 12.7. The van der Waals surface area contributed by atoms with Gasteiger partial charge in [-0.2, -0.15) is 0 Å². The predicted molar refractivity (Wildman–Crippen MR) is 66.5 cm³/mol. The first-order valence-electron chi connectivity index (χ1n) is 5.43. The van der Waals surface area contributed by atoms with Crippen molar-refractivity contribution in [1.82, 2.24) is 10.3 Å². The van der Waals surface area contributed by atoms with Crippen molar-refractivity contribution in [3.63, 3.8) is 0 Å². The summed E-state index contributed by atoms with van der Waals surface area (Å²) in [6.45, 7) is 1.76. The van der Waals surface area contributed by atoms with E-state index < -0.39 is 5.54 Å². The maximum Gasteiger partial charge on any atom is 0.268 e. The van der Waals surface area contributed by atoms with Crippen molar-refractivity contribution in [2.24, 2.45) is 5.92 Å². The SMILES string of the molecule is CC(CO)(NC(=O)c1cc(Cl)c(Cl)[nH]1)C1CC1. The van der Waals surface area contributed by atoms with Gasteiger partial charge in [0.2, 0.25) is 0 Å². The van der Waals surface area contributed by atoms with Gasteiger partial charge in [0.25, 0.3) is 5.91 Å². The molecule has 1 saturated carbocycles. The zero-order valence-corrected chi connectivity index (χ0v) is 10.9. The Hall–Kier alpha value is -0.710. The van der Waals surface area contributed by atoms with E-state index >= 15 is 0 Å². The fraction of sp³-hybridized carbons (Fsp3) is 0.545. The minimum atomic E-state index is -0.568. The lowest BCUT2D eigenvalue weighted by Crippen LogP contribution is -2.50. The van der Waals surface area contributed by atoms with Crippen molar-refractivity contribution in [2.75, 3.05) is 6.61 Å². The Kier molecular flexibility index (Phi) is 3.39. The summed E-state index contributed by atoms with van der Waals surface area (Å²) in [5, 5.41) is 12.8. The molecule has 17 heavy (non-hydrogen) atoms. The summed E-state index contributed by atoms with van der Waals surface area (Å²) < 4.78 is 0. The van der Waals surface area contributed by atoms with E-state index in [1.165, 1.54) is 6.07 Å². The molecular weight excluding hydrogens is 263 g/mol. The molecule has 4 nitrogen and oxygen atoms in total. The second-order valence-corrected chi connectivity index (χ2v) is 5.43. The summed E-state index contributed by atoms with van der Waals surface area (Å²) >= 11 is 11.5. The Balaban J connectivity index is 2.10. The number of halogens is 2. The van der Waals surface area contributed by atoms with Crippen molar-refractivity contribution in [1.29, 1.82) is 0 Å². The zero-order valence-electron chi connectivity index (χ0n) is 9.39. The van der Waals surface area contributed by atoms with Crippen LogP contribution >= 0.6 is 23.2 Å². The average Bonchev–Trinajstić information content (AvgIpc) is 3.07. The molecule has 1 aliphatic carbocycles. The van der Waals surface area contributed by atoms with E-state index in [1.807, 2.05) is 6.92 Å². The lowest BCUT2D eigenvalue weighted by atomic mass is 9.97. The molecule has 1 amide bonds. The number of carbonyl (C=O) groups is 1. The minimum absolute atomic E-state index is 0.0778. The largest absolute Gasteiger partial charge is 0.394 e. The van der Waals surface area contributed by atoms with E-state index in [0.717, 1.165) is 12.8 Å². The molecule has 1 aliphatic rings. The van der Waals surface area contributed by atoms with Crippen LogP contribution in [0.5, 0.6) is 0 Å². The highest BCUT2D eigenvalue weighted by molar-refractivity contribution is 6.41. The molecule has 1 aromatic rings. The molecule has 0 aromatic carbocycles. The van der Waals surface area contributed by atoms with Crippen LogP contribution in [0.25, 0.3) is 0 Å².